The van der Waals surface area contributed by atoms with Gasteiger partial charge in [0, 0.05) is 30.1 Å². The van der Waals surface area contributed by atoms with Crippen LogP contribution in [-0.4, -0.2) is 25.0 Å². The number of benzene rings is 1. The molecule has 110 valence electrons. The summed E-state index contributed by atoms with van der Waals surface area (Å²) >= 11 is 3.64. The molecule has 1 fully saturated rings. The minimum Gasteiger partial charge on any atom is -0.370 e. The van der Waals surface area contributed by atoms with E-state index in [9.17, 15) is 4.79 Å². The number of nitrogens with two attached hydrogens (primary N) is 1. The number of carbonyl (C=O) groups is 1. The van der Waals surface area contributed by atoms with Crippen LogP contribution in [0.1, 0.15) is 25.8 Å². The van der Waals surface area contributed by atoms with Crippen molar-refractivity contribution in [1.82, 2.24) is 5.32 Å². The predicted molar refractivity (Wildman–Crippen MR) is 85.6 cm³/mol. The van der Waals surface area contributed by atoms with Crippen molar-refractivity contribution in [2.24, 2.45) is 11.7 Å². The maximum Gasteiger partial charge on any atom is 0.222 e. The van der Waals surface area contributed by atoms with Crippen LogP contribution in [0.5, 0.6) is 0 Å². The average molecular weight is 340 g/mol. The van der Waals surface area contributed by atoms with Crippen LogP contribution in [0.4, 0.5) is 5.69 Å². The lowest BCUT2D eigenvalue weighted by Crippen LogP contribution is -2.27. The molecule has 0 spiro atoms. The van der Waals surface area contributed by atoms with Gasteiger partial charge >= 0.3 is 0 Å². The quantitative estimate of drug-likeness (QED) is 0.864. The molecular formula is C15H22BrN3O. The van der Waals surface area contributed by atoms with Gasteiger partial charge < -0.3 is 16.0 Å². The van der Waals surface area contributed by atoms with Crippen LogP contribution in [0.2, 0.25) is 0 Å². The van der Waals surface area contributed by atoms with Crippen molar-refractivity contribution < 1.29 is 4.79 Å². The lowest BCUT2D eigenvalue weighted by Gasteiger charge is -2.20. The van der Waals surface area contributed by atoms with Crippen LogP contribution in [-0.2, 0) is 11.3 Å². The summed E-state index contributed by atoms with van der Waals surface area (Å²) in [7, 11) is 0. The first-order chi connectivity index (χ1) is 9.47. The highest BCUT2D eigenvalue weighted by molar-refractivity contribution is 9.10. The summed E-state index contributed by atoms with van der Waals surface area (Å²) in [6, 6.07) is 6.86. The first kappa shape index (κ1) is 15.3. The SMILES string of the molecule is CC(C)NCc1ccc(N2CCC(C(N)=O)C2)c(Br)c1. The van der Waals surface area contributed by atoms with Crippen molar-refractivity contribution in [2.75, 3.05) is 18.0 Å². The number of primary amides is 1. The molecule has 0 aromatic heterocycles. The van der Waals surface area contributed by atoms with Crippen LogP contribution >= 0.6 is 15.9 Å². The zero-order chi connectivity index (χ0) is 14.7. The normalized spacial score (nSPS) is 18.8. The van der Waals surface area contributed by atoms with Gasteiger partial charge in [-0.1, -0.05) is 19.9 Å². The molecule has 0 bridgehead atoms. The highest BCUT2D eigenvalue weighted by Crippen LogP contribution is 2.31. The molecule has 4 nitrogen and oxygen atoms in total. The van der Waals surface area contributed by atoms with Gasteiger partial charge in [-0.15, -0.1) is 0 Å². The minimum absolute atomic E-state index is 0.0239. The molecule has 1 amide bonds. The third-order valence-corrected chi connectivity index (χ3v) is 4.29. The van der Waals surface area contributed by atoms with Gasteiger partial charge in [0.25, 0.3) is 0 Å². The number of rotatable bonds is 5. The van der Waals surface area contributed by atoms with E-state index in [0.717, 1.165) is 36.2 Å². The summed E-state index contributed by atoms with van der Waals surface area (Å²) in [5.41, 5.74) is 7.77. The molecule has 0 saturated carbocycles. The third-order valence-electron chi connectivity index (χ3n) is 3.66. The van der Waals surface area contributed by atoms with Crippen LogP contribution in [0, 0.1) is 5.92 Å². The summed E-state index contributed by atoms with van der Waals surface area (Å²) in [6.45, 7) is 6.74. The Labute approximate surface area is 128 Å². The molecule has 1 aliphatic rings. The lowest BCUT2D eigenvalue weighted by atomic mass is 10.1. The Morgan fingerprint density at radius 3 is 2.85 bits per heavy atom. The molecule has 1 saturated heterocycles. The molecule has 0 aliphatic carbocycles. The van der Waals surface area contributed by atoms with Crippen LogP contribution < -0.4 is 16.0 Å². The van der Waals surface area contributed by atoms with E-state index in [4.69, 9.17) is 5.73 Å². The fraction of sp³-hybridized carbons (Fsp3) is 0.533. The Balaban J connectivity index is 2.05. The zero-order valence-corrected chi connectivity index (χ0v) is 13.6. The van der Waals surface area contributed by atoms with Gasteiger partial charge in [-0.2, -0.15) is 0 Å². The Morgan fingerprint density at radius 2 is 2.30 bits per heavy atom. The van der Waals surface area contributed by atoms with Gasteiger partial charge in [-0.05, 0) is 40.0 Å². The van der Waals surface area contributed by atoms with Crippen LogP contribution in [0.25, 0.3) is 0 Å². The average Bonchev–Trinajstić information content (AvgIpc) is 2.86. The predicted octanol–water partition coefficient (Wildman–Crippen LogP) is 2.26. The van der Waals surface area contributed by atoms with E-state index in [1.54, 1.807) is 0 Å². The summed E-state index contributed by atoms with van der Waals surface area (Å²) < 4.78 is 1.07. The number of hydrogen-bond acceptors (Lipinski definition) is 3. The van der Waals surface area contributed by atoms with Crippen molar-refractivity contribution in [3.8, 4) is 0 Å². The second-order valence-corrected chi connectivity index (χ2v) is 6.51. The number of halogens is 1. The molecule has 1 unspecified atom stereocenters. The summed E-state index contributed by atoms with van der Waals surface area (Å²) in [5, 5.41) is 3.40. The Morgan fingerprint density at radius 1 is 1.55 bits per heavy atom. The third kappa shape index (κ3) is 3.73. The Hall–Kier alpha value is -1.07. The zero-order valence-electron chi connectivity index (χ0n) is 12.0. The monoisotopic (exact) mass is 339 g/mol. The van der Waals surface area contributed by atoms with Gasteiger partial charge in [-0.3, -0.25) is 4.79 Å². The number of amides is 1. The van der Waals surface area contributed by atoms with Gasteiger partial charge in [-0.25, -0.2) is 0 Å². The molecule has 3 N–H and O–H groups in total. The molecule has 1 aromatic carbocycles. The molecule has 1 atom stereocenters. The second-order valence-electron chi connectivity index (χ2n) is 5.66. The number of nitrogens with zero attached hydrogens (tertiary/aromatic N) is 1. The summed E-state index contributed by atoms with van der Waals surface area (Å²) in [6.07, 6.45) is 0.846. The van der Waals surface area contributed by atoms with Crippen molar-refractivity contribution in [3.05, 3.63) is 28.2 Å². The molecular weight excluding hydrogens is 318 g/mol. The lowest BCUT2D eigenvalue weighted by molar-refractivity contribution is -0.121. The Kier molecular flexibility index (Phi) is 5.05. The van der Waals surface area contributed by atoms with E-state index in [1.165, 1.54) is 5.56 Å². The van der Waals surface area contributed by atoms with E-state index >= 15 is 0 Å². The number of hydrogen-bond donors (Lipinski definition) is 2. The van der Waals surface area contributed by atoms with Crippen molar-refractivity contribution in [2.45, 2.75) is 32.9 Å². The number of carbonyl (C=O) groups excluding carboxylic acids is 1. The molecule has 1 aliphatic heterocycles. The highest BCUT2D eigenvalue weighted by atomic mass is 79.9. The van der Waals surface area contributed by atoms with E-state index < -0.39 is 0 Å². The molecule has 5 heteroatoms. The standard InChI is InChI=1S/C15H22BrN3O/c1-10(2)18-8-11-3-4-14(13(16)7-11)19-6-5-12(9-19)15(17)20/h3-4,7,10,12,18H,5-6,8-9H2,1-2H3,(H2,17,20). The fourth-order valence-corrected chi connectivity index (χ4v) is 3.13. The topological polar surface area (TPSA) is 58.4 Å². The van der Waals surface area contributed by atoms with Crippen molar-refractivity contribution >= 4 is 27.5 Å². The molecule has 1 heterocycles. The fourth-order valence-electron chi connectivity index (χ4n) is 2.45. The van der Waals surface area contributed by atoms with E-state index in [0.29, 0.717) is 6.04 Å². The van der Waals surface area contributed by atoms with Gasteiger partial charge in [0.05, 0.1) is 11.6 Å². The largest absolute Gasteiger partial charge is 0.370 e. The Bertz CT molecular complexity index is 490. The van der Waals surface area contributed by atoms with Gasteiger partial charge in [0.2, 0.25) is 5.91 Å². The van der Waals surface area contributed by atoms with Crippen molar-refractivity contribution in [1.29, 1.82) is 0 Å². The number of nitrogens with one attached hydrogen (secondary N) is 1. The first-order valence-corrected chi connectivity index (χ1v) is 7.82. The molecule has 1 aromatic rings. The number of anilines is 1. The minimum atomic E-state index is -0.193. The summed E-state index contributed by atoms with van der Waals surface area (Å²) in [4.78, 5) is 13.5. The van der Waals surface area contributed by atoms with Crippen molar-refractivity contribution in [3.63, 3.8) is 0 Å². The molecule has 20 heavy (non-hydrogen) atoms. The molecule has 0 radical (unpaired) electrons. The highest BCUT2D eigenvalue weighted by Gasteiger charge is 2.27. The summed E-state index contributed by atoms with van der Waals surface area (Å²) in [5.74, 6) is -0.217. The smallest absolute Gasteiger partial charge is 0.222 e. The van der Waals surface area contributed by atoms with Gasteiger partial charge in [0.15, 0.2) is 0 Å². The first-order valence-electron chi connectivity index (χ1n) is 7.03. The van der Waals surface area contributed by atoms with Crippen LogP contribution in [0.15, 0.2) is 22.7 Å². The second kappa shape index (κ2) is 6.59. The molecule has 2 rings (SSSR count). The van der Waals surface area contributed by atoms with Crippen LogP contribution in [0.3, 0.4) is 0 Å². The maximum absolute atomic E-state index is 11.2. The van der Waals surface area contributed by atoms with Gasteiger partial charge in [0.1, 0.15) is 0 Å². The van der Waals surface area contributed by atoms with E-state index in [-0.39, 0.29) is 11.8 Å². The maximum atomic E-state index is 11.2. The van der Waals surface area contributed by atoms with E-state index in [2.05, 4.69) is 58.2 Å². The van der Waals surface area contributed by atoms with E-state index in [1.807, 2.05) is 0 Å².